The predicted molar refractivity (Wildman–Crippen MR) is 62.3 cm³/mol. The van der Waals surface area contributed by atoms with Gasteiger partial charge in [0.1, 0.15) is 0 Å². The molecule has 2 heteroatoms. The lowest BCUT2D eigenvalue weighted by Gasteiger charge is -2.33. The van der Waals surface area contributed by atoms with Crippen molar-refractivity contribution in [3.8, 4) is 0 Å². The summed E-state index contributed by atoms with van der Waals surface area (Å²) in [6.07, 6.45) is 5.37. The molecule has 0 spiro atoms. The van der Waals surface area contributed by atoms with Gasteiger partial charge in [-0.1, -0.05) is 20.3 Å². The minimum Gasteiger partial charge on any atom is -0.330 e. The van der Waals surface area contributed by atoms with Gasteiger partial charge in [-0.15, -0.1) is 0 Å². The number of rotatable bonds is 5. The van der Waals surface area contributed by atoms with Gasteiger partial charge in [-0.2, -0.15) is 0 Å². The van der Waals surface area contributed by atoms with Crippen molar-refractivity contribution in [3.63, 3.8) is 0 Å². The van der Waals surface area contributed by atoms with Crippen molar-refractivity contribution in [2.24, 2.45) is 17.6 Å². The van der Waals surface area contributed by atoms with Crippen LogP contribution < -0.4 is 5.73 Å². The molecule has 0 amide bonds. The molecule has 1 aliphatic heterocycles. The Morgan fingerprint density at radius 3 is 2.93 bits per heavy atom. The first kappa shape index (κ1) is 12.0. The molecule has 2 nitrogen and oxygen atoms in total. The van der Waals surface area contributed by atoms with E-state index in [4.69, 9.17) is 5.73 Å². The summed E-state index contributed by atoms with van der Waals surface area (Å²) in [6.45, 7) is 9.34. The fourth-order valence-corrected chi connectivity index (χ4v) is 2.53. The van der Waals surface area contributed by atoms with Crippen molar-refractivity contribution in [3.05, 3.63) is 0 Å². The van der Waals surface area contributed by atoms with Crippen LogP contribution in [0.15, 0.2) is 0 Å². The number of nitrogens with two attached hydrogens (primary N) is 1. The Morgan fingerprint density at radius 2 is 2.29 bits per heavy atom. The molecule has 1 rings (SSSR count). The minimum atomic E-state index is 0.762. The number of hydrogen-bond donors (Lipinski definition) is 1. The average Bonchev–Trinajstić information content (AvgIpc) is 2.18. The molecule has 0 bridgehead atoms. The Bertz CT molecular complexity index is 147. The van der Waals surface area contributed by atoms with Gasteiger partial charge in [-0.05, 0) is 44.2 Å². The standard InChI is InChI=1S/C12H26N2/c1-3-5-11(2)9-14-7-4-6-12(8-13)10-14/h11-12H,3-10,13H2,1-2H3. The predicted octanol–water partition coefficient (Wildman–Crippen LogP) is 2.09. The molecule has 2 unspecified atom stereocenters. The summed E-state index contributed by atoms with van der Waals surface area (Å²) in [5.74, 6) is 1.62. The van der Waals surface area contributed by atoms with Gasteiger partial charge in [0.2, 0.25) is 0 Å². The minimum absolute atomic E-state index is 0.762. The van der Waals surface area contributed by atoms with Crippen LogP contribution in [-0.2, 0) is 0 Å². The normalized spacial score (nSPS) is 26.4. The molecule has 0 aliphatic carbocycles. The quantitative estimate of drug-likeness (QED) is 0.733. The molecule has 0 aromatic carbocycles. The second kappa shape index (κ2) is 6.41. The molecule has 0 aromatic rings. The first-order valence-electron chi connectivity index (χ1n) is 6.18. The SMILES string of the molecule is CCCC(C)CN1CCCC(CN)C1. The first-order valence-corrected chi connectivity index (χ1v) is 6.18. The van der Waals surface area contributed by atoms with Crippen molar-refractivity contribution in [2.75, 3.05) is 26.2 Å². The molecule has 0 saturated carbocycles. The lowest BCUT2D eigenvalue weighted by Crippen LogP contribution is -2.40. The number of nitrogens with zero attached hydrogens (tertiary/aromatic N) is 1. The Morgan fingerprint density at radius 1 is 1.50 bits per heavy atom. The Kier molecular flexibility index (Phi) is 5.49. The van der Waals surface area contributed by atoms with E-state index in [1.807, 2.05) is 0 Å². The number of piperidine rings is 1. The van der Waals surface area contributed by atoms with Gasteiger partial charge in [0, 0.05) is 13.1 Å². The number of likely N-dealkylation sites (tertiary alicyclic amines) is 1. The maximum atomic E-state index is 5.73. The Balaban J connectivity index is 2.22. The molecule has 1 fully saturated rings. The van der Waals surface area contributed by atoms with Crippen LogP contribution in [0.4, 0.5) is 0 Å². The van der Waals surface area contributed by atoms with Crippen LogP contribution >= 0.6 is 0 Å². The van der Waals surface area contributed by atoms with E-state index in [1.54, 1.807) is 0 Å². The van der Waals surface area contributed by atoms with E-state index >= 15 is 0 Å². The maximum absolute atomic E-state index is 5.73. The van der Waals surface area contributed by atoms with Crippen LogP contribution in [0.1, 0.15) is 39.5 Å². The van der Waals surface area contributed by atoms with Gasteiger partial charge in [0.05, 0.1) is 0 Å². The van der Waals surface area contributed by atoms with E-state index in [2.05, 4.69) is 18.7 Å². The third-order valence-electron chi connectivity index (χ3n) is 3.29. The molecule has 1 aliphatic rings. The van der Waals surface area contributed by atoms with Crippen molar-refractivity contribution >= 4 is 0 Å². The van der Waals surface area contributed by atoms with E-state index < -0.39 is 0 Å². The Hall–Kier alpha value is -0.0800. The molecule has 0 aromatic heterocycles. The second-order valence-electron chi connectivity index (χ2n) is 4.90. The molecule has 84 valence electrons. The van der Waals surface area contributed by atoms with Crippen LogP contribution in [0.3, 0.4) is 0 Å². The van der Waals surface area contributed by atoms with Crippen molar-refractivity contribution in [2.45, 2.75) is 39.5 Å². The molecule has 14 heavy (non-hydrogen) atoms. The molecule has 1 saturated heterocycles. The van der Waals surface area contributed by atoms with Crippen LogP contribution in [0.5, 0.6) is 0 Å². The highest BCUT2D eigenvalue weighted by molar-refractivity contribution is 4.74. The lowest BCUT2D eigenvalue weighted by molar-refractivity contribution is 0.155. The topological polar surface area (TPSA) is 29.3 Å². The zero-order valence-electron chi connectivity index (χ0n) is 9.84. The summed E-state index contributed by atoms with van der Waals surface area (Å²) in [6, 6.07) is 0. The molecule has 0 radical (unpaired) electrons. The highest BCUT2D eigenvalue weighted by atomic mass is 15.1. The molecular formula is C12H26N2. The van der Waals surface area contributed by atoms with Gasteiger partial charge in [-0.25, -0.2) is 0 Å². The van der Waals surface area contributed by atoms with E-state index in [9.17, 15) is 0 Å². The zero-order chi connectivity index (χ0) is 10.4. The van der Waals surface area contributed by atoms with Gasteiger partial charge < -0.3 is 10.6 Å². The van der Waals surface area contributed by atoms with Gasteiger partial charge in [0.15, 0.2) is 0 Å². The first-order chi connectivity index (χ1) is 6.76. The van der Waals surface area contributed by atoms with Gasteiger partial charge >= 0.3 is 0 Å². The van der Waals surface area contributed by atoms with E-state index in [0.717, 1.165) is 18.4 Å². The molecule has 2 N–H and O–H groups in total. The molecule has 2 atom stereocenters. The van der Waals surface area contributed by atoms with Crippen LogP contribution in [-0.4, -0.2) is 31.1 Å². The Labute approximate surface area is 88.8 Å². The fourth-order valence-electron chi connectivity index (χ4n) is 2.53. The average molecular weight is 198 g/mol. The monoisotopic (exact) mass is 198 g/mol. The van der Waals surface area contributed by atoms with E-state index in [0.29, 0.717) is 0 Å². The smallest absolute Gasteiger partial charge is 0.00218 e. The number of hydrogen-bond acceptors (Lipinski definition) is 2. The third-order valence-corrected chi connectivity index (χ3v) is 3.29. The van der Waals surface area contributed by atoms with E-state index in [-0.39, 0.29) is 0 Å². The van der Waals surface area contributed by atoms with Gasteiger partial charge in [0.25, 0.3) is 0 Å². The van der Waals surface area contributed by atoms with Crippen LogP contribution in [0.25, 0.3) is 0 Å². The van der Waals surface area contributed by atoms with Crippen LogP contribution in [0.2, 0.25) is 0 Å². The van der Waals surface area contributed by atoms with Gasteiger partial charge in [-0.3, -0.25) is 0 Å². The lowest BCUT2D eigenvalue weighted by atomic mass is 9.96. The fraction of sp³-hybridized carbons (Fsp3) is 1.00. The summed E-state index contributed by atoms with van der Waals surface area (Å²) in [7, 11) is 0. The zero-order valence-corrected chi connectivity index (χ0v) is 9.84. The summed E-state index contributed by atoms with van der Waals surface area (Å²) < 4.78 is 0. The van der Waals surface area contributed by atoms with Crippen molar-refractivity contribution in [1.29, 1.82) is 0 Å². The summed E-state index contributed by atoms with van der Waals surface area (Å²) in [5.41, 5.74) is 5.73. The molecular weight excluding hydrogens is 172 g/mol. The summed E-state index contributed by atoms with van der Waals surface area (Å²) >= 11 is 0. The van der Waals surface area contributed by atoms with Crippen LogP contribution in [0, 0.1) is 11.8 Å². The third kappa shape index (κ3) is 3.97. The largest absolute Gasteiger partial charge is 0.330 e. The summed E-state index contributed by atoms with van der Waals surface area (Å²) in [5, 5.41) is 0. The second-order valence-corrected chi connectivity index (χ2v) is 4.90. The molecule has 1 heterocycles. The van der Waals surface area contributed by atoms with Crippen molar-refractivity contribution < 1.29 is 0 Å². The maximum Gasteiger partial charge on any atom is 0.00218 e. The van der Waals surface area contributed by atoms with E-state index in [1.165, 1.54) is 45.3 Å². The van der Waals surface area contributed by atoms with Crippen molar-refractivity contribution in [1.82, 2.24) is 4.90 Å². The highest BCUT2D eigenvalue weighted by Crippen LogP contribution is 2.17. The highest BCUT2D eigenvalue weighted by Gasteiger charge is 2.19. The summed E-state index contributed by atoms with van der Waals surface area (Å²) in [4.78, 5) is 2.61.